The molecule has 1 heterocycles. The molecule has 0 bridgehead atoms. The minimum absolute atomic E-state index is 0.00216. The van der Waals surface area contributed by atoms with Gasteiger partial charge < -0.3 is 10.2 Å². The van der Waals surface area contributed by atoms with Crippen molar-refractivity contribution >= 4 is 50.5 Å². The van der Waals surface area contributed by atoms with Crippen LogP contribution in [0.3, 0.4) is 0 Å². The number of nitrogens with zero attached hydrogens (tertiary/aromatic N) is 1. The number of nitrogens with one attached hydrogen (secondary N) is 2. The summed E-state index contributed by atoms with van der Waals surface area (Å²) in [6, 6.07) is 9.54. The number of hydrogen-bond donors (Lipinski definition) is 2. The van der Waals surface area contributed by atoms with Gasteiger partial charge in [0.05, 0.1) is 28.0 Å². The van der Waals surface area contributed by atoms with E-state index >= 15 is 0 Å². The highest BCUT2D eigenvalue weighted by atomic mass is 35.5. The molecule has 1 amide bonds. The van der Waals surface area contributed by atoms with Gasteiger partial charge in [0.15, 0.2) is 0 Å². The van der Waals surface area contributed by atoms with E-state index in [2.05, 4.69) is 10.0 Å². The Morgan fingerprint density at radius 1 is 1.12 bits per heavy atom. The normalized spacial score (nSPS) is 14.9. The van der Waals surface area contributed by atoms with Crippen molar-refractivity contribution < 1.29 is 13.2 Å². The summed E-state index contributed by atoms with van der Waals surface area (Å²) in [5.41, 5.74) is 1.86. The summed E-state index contributed by atoms with van der Waals surface area (Å²) in [6.07, 6.45) is 0. The molecule has 2 aromatic rings. The molecule has 0 radical (unpaired) electrons. The molecule has 1 saturated heterocycles. The minimum atomic E-state index is -3.84. The van der Waals surface area contributed by atoms with Gasteiger partial charge in [-0.1, -0.05) is 29.3 Å². The van der Waals surface area contributed by atoms with Gasteiger partial charge in [-0.2, -0.15) is 0 Å². The van der Waals surface area contributed by atoms with Gasteiger partial charge in [0, 0.05) is 13.1 Å². The number of piperazine rings is 1. The van der Waals surface area contributed by atoms with Crippen molar-refractivity contribution in [3.05, 3.63) is 52.0 Å². The smallest absolute Gasteiger partial charge is 0.263 e. The van der Waals surface area contributed by atoms with E-state index in [1.54, 1.807) is 24.3 Å². The highest BCUT2D eigenvalue weighted by Crippen LogP contribution is 2.31. The van der Waals surface area contributed by atoms with E-state index < -0.39 is 10.0 Å². The van der Waals surface area contributed by atoms with Crippen molar-refractivity contribution in [2.45, 2.75) is 11.8 Å². The van der Waals surface area contributed by atoms with Gasteiger partial charge >= 0.3 is 0 Å². The molecule has 138 valence electrons. The zero-order valence-electron chi connectivity index (χ0n) is 13.9. The van der Waals surface area contributed by atoms with Crippen LogP contribution in [0.25, 0.3) is 0 Å². The third-order valence-corrected chi connectivity index (χ3v) is 6.12. The van der Waals surface area contributed by atoms with Crippen molar-refractivity contribution in [2.75, 3.05) is 29.3 Å². The van der Waals surface area contributed by atoms with Crippen LogP contribution in [0.4, 0.5) is 11.4 Å². The van der Waals surface area contributed by atoms with Gasteiger partial charge in [0.1, 0.15) is 4.90 Å². The van der Waals surface area contributed by atoms with Crippen LogP contribution in [-0.4, -0.2) is 34.0 Å². The molecular weight excluding hydrogens is 397 g/mol. The maximum absolute atomic E-state index is 12.6. The van der Waals surface area contributed by atoms with Gasteiger partial charge in [-0.3, -0.25) is 9.52 Å². The van der Waals surface area contributed by atoms with E-state index in [4.69, 9.17) is 23.2 Å². The molecule has 26 heavy (non-hydrogen) atoms. The number of hydrogen-bond acceptors (Lipinski definition) is 4. The van der Waals surface area contributed by atoms with Crippen LogP contribution < -0.4 is 14.9 Å². The van der Waals surface area contributed by atoms with Gasteiger partial charge in [-0.25, -0.2) is 8.42 Å². The number of halogens is 2. The molecular formula is C17H17Cl2N3O3S. The summed E-state index contributed by atoms with van der Waals surface area (Å²) in [5.74, 6) is -0.0777. The van der Waals surface area contributed by atoms with E-state index in [1.165, 1.54) is 12.1 Å². The Labute approximate surface area is 162 Å². The second kappa shape index (κ2) is 7.34. The van der Waals surface area contributed by atoms with E-state index in [9.17, 15) is 13.2 Å². The Hall–Kier alpha value is -1.96. The molecule has 6 nitrogen and oxygen atoms in total. The molecule has 0 aliphatic carbocycles. The first-order valence-electron chi connectivity index (χ1n) is 7.86. The summed E-state index contributed by atoms with van der Waals surface area (Å²) in [6.45, 7) is 3.21. The lowest BCUT2D eigenvalue weighted by atomic mass is 10.2. The predicted octanol–water partition coefficient (Wildman–Crippen LogP) is 3.04. The summed E-state index contributed by atoms with van der Waals surface area (Å²) >= 11 is 12.4. The van der Waals surface area contributed by atoms with Crippen LogP contribution in [0.5, 0.6) is 0 Å². The number of benzene rings is 2. The molecule has 0 spiro atoms. The third kappa shape index (κ3) is 4.06. The highest BCUT2D eigenvalue weighted by molar-refractivity contribution is 7.92. The van der Waals surface area contributed by atoms with Crippen LogP contribution >= 0.6 is 23.2 Å². The summed E-state index contributed by atoms with van der Waals surface area (Å²) in [7, 11) is -3.84. The summed E-state index contributed by atoms with van der Waals surface area (Å²) < 4.78 is 27.6. The van der Waals surface area contributed by atoms with Crippen molar-refractivity contribution in [1.29, 1.82) is 0 Å². The Bertz CT molecular complexity index is 964. The van der Waals surface area contributed by atoms with Crippen molar-refractivity contribution in [1.82, 2.24) is 5.32 Å². The van der Waals surface area contributed by atoms with Crippen molar-refractivity contribution in [2.24, 2.45) is 0 Å². The van der Waals surface area contributed by atoms with Gasteiger partial charge in [-0.15, -0.1) is 0 Å². The lowest BCUT2D eigenvalue weighted by molar-refractivity contribution is -0.120. The number of carbonyl (C=O) groups is 1. The second-order valence-electron chi connectivity index (χ2n) is 5.98. The van der Waals surface area contributed by atoms with E-state index in [0.717, 1.165) is 5.56 Å². The summed E-state index contributed by atoms with van der Waals surface area (Å²) in [5, 5.41) is 3.25. The molecule has 0 atom stereocenters. The predicted molar refractivity (Wildman–Crippen MR) is 104 cm³/mol. The fourth-order valence-corrected chi connectivity index (χ4v) is 4.65. The van der Waals surface area contributed by atoms with Gasteiger partial charge in [0.25, 0.3) is 10.0 Å². The molecule has 0 aromatic heterocycles. The van der Waals surface area contributed by atoms with Crippen LogP contribution in [0.15, 0.2) is 41.3 Å². The molecule has 9 heteroatoms. The first kappa shape index (κ1) is 18.8. The minimum Gasteiger partial charge on any atom is -0.359 e. The van der Waals surface area contributed by atoms with Gasteiger partial charge in [0.2, 0.25) is 5.91 Å². The number of sulfonamides is 1. The standard InChI is InChI=1S/C17H17Cl2N3O3S/c1-11-2-5-16(14(19)8-11)26(24,25)21-12-3-4-15(13(18)9-12)22-7-6-20-17(23)10-22/h2-5,8-9,21H,6-7,10H2,1H3,(H,20,23). The molecule has 0 saturated carbocycles. The zero-order valence-corrected chi connectivity index (χ0v) is 16.2. The number of amides is 1. The first-order chi connectivity index (χ1) is 12.3. The number of aryl methyl sites for hydroxylation is 1. The van der Waals surface area contributed by atoms with Crippen LogP contribution in [0.2, 0.25) is 10.0 Å². The van der Waals surface area contributed by atoms with Crippen LogP contribution in [0, 0.1) is 6.92 Å². The Morgan fingerprint density at radius 3 is 2.54 bits per heavy atom. The Morgan fingerprint density at radius 2 is 1.88 bits per heavy atom. The SMILES string of the molecule is Cc1ccc(S(=O)(=O)Nc2ccc(N3CCNC(=O)C3)c(Cl)c2)c(Cl)c1. The monoisotopic (exact) mass is 413 g/mol. The van der Waals surface area contributed by atoms with E-state index in [1.807, 2.05) is 11.8 Å². The molecule has 2 N–H and O–H groups in total. The lowest BCUT2D eigenvalue weighted by Crippen LogP contribution is -2.47. The number of carbonyl (C=O) groups excluding carboxylic acids is 1. The van der Waals surface area contributed by atoms with Crippen molar-refractivity contribution in [3.8, 4) is 0 Å². The number of rotatable bonds is 4. The summed E-state index contributed by atoms with van der Waals surface area (Å²) in [4.78, 5) is 13.4. The van der Waals surface area contributed by atoms with Crippen molar-refractivity contribution in [3.63, 3.8) is 0 Å². The maximum atomic E-state index is 12.6. The van der Waals surface area contributed by atoms with Crippen LogP contribution in [0.1, 0.15) is 5.56 Å². The first-order valence-corrected chi connectivity index (χ1v) is 10.1. The molecule has 0 unspecified atom stereocenters. The average molecular weight is 414 g/mol. The quantitative estimate of drug-likeness (QED) is 0.806. The fourth-order valence-electron chi connectivity index (χ4n) is 2.70. The highest BCUT2D eigenvalue weighted by Gasteiger charge is 2.21. The third-order valence-electron chi connectivity index (χ3n) is 3.96. The fraction of sp³-hybridized carbons (Fsp3) is 0.235. The second-order valence-corrected chi connectivity index (χ2v) is 8.44. The molecule has 1 fully saturated rings. The maximum Gasteiger partial charge on any atom is 0.263 e. The molecule has 1 aliphatic rings. The topological polar surface area (TPSA) is 78.5 Å². The number of anilines is 2. The lowest BCUT2D eigenvalue weighted by Gasteiger charge is -2.29. The largest absolute Gasteiger partial charge is 0.359 e. The molecule has 3 rings (SSSR count). The van der Waals surface area contributed by atoms with Crippen LogP contribution in [-0.2, 0) is 14.8 Å². The Kier molecular flexibility index (Phi) is 5.32. The van der Waals surface area contributed by atoms with E-state index in [0.29, 0.717) is 29.5 Å². The van der Waals surface area contributed by atoms with Gasteiger partial charge in [-0.05, 0) is 42.8 Å². The average Bonchev–Trinajstić information content (AvgIpc) is 2.54. The molecule has 2 aromatic carbocycles. The molecule has 1 aliphatic heterocycles. The zero-order chi connectivity index (χ0) is 18.9. The Balaban J connectivity index is 1.84. The van der Waals surface area contributed by atoms with E-state index in [-0.39, 0.29) is 22.4 Å².